The van der Waals surface area contributed by atoms with Crippen LogP contribution in [-0.2, 0) is 6.61 Å². The molecule has 1 aromatic carbocycles. The normalized spacial score (nSPS) is 21.2. The molecule has 2 N–H and O–H groups in total. The highest BCUT2D eigenvalue weighted by atomic mass is 79.9. The molecule has 1 aromatic rings. The molecule has 2 rings (SSSR count). The predicted octanol–water partition coefficient (Wildman–Crippen LogP) is 1.98. The fourth-order valence-electron chi connectivity index (χ4n) is 1.61. The summed E-state index contributed by atoms with van der Waals surface area (Å²) >= 11 is 3.39. The first-order valence-corrected chi connectivity index (χ1v) is 5.23. The van der Waals surface area contributed by atoms with Crippen molar-refractivity contribution in [3.8, 4) is 0 Å². The number of nitrogens with one attached hydrogen (secondary N) is 1. The Hall–Kier alpha value is -0.380. The van der Waals surface area contributed by atoms with Crippen LogP contribution in [-0.4, -0.2) is 11.7 Å². The van der Waals surface area contributed by atoms with Crippen LogP contribution in [0.1, 0.15) is 23.6 Å². The van der Waals surface area contributed by atoms with Gasteiger partial charge >= 0.3 is 0 Å². The van der Waals surface area contributed by atoms with Gasteiger partial charge in [-0.15, -0.1) is 0 Å². The summed E-state index contributed by atoms with van der Waals surface area (Å²) < 4.78 is 1.03. The van der Waals surface area contributed by atoms with Gasteiger partial charge in [-0.25, -0.2) is 0 Å². The molecule has 0 spiro atoms. The van der Waals surface area contributed by atoms with Crippen molar-refractivity contribution in [3.63, 3.8) is 0 Å². The van der Waals surface area contributed by atoms with Crippen molar-refractivity contribution >= 4 is 15.9 Å². The molecule has 13 heavy (non-hydrogen) atoms. The summed E-state index contributed by atoms with van der Waals surface area (Å²) in [4.78, 5) is 0. The van der Waals surface area contributed by atoms with E-state index in [9.17, 15) is 0 Å². The van der Waals surface area contributed by atoms with Crippen molar-refractivity contribution in [2.75, 3.05) is 6.54 Å². The zero-order valence-electron chi connectivity index (χ0n) is 7.26. The standard InChI is InChI=1S/C10H12BrNO/c11-8-1-2-9(7(5-8)6-13)10-3-4-12-10/h1-2,5,10,12-13H,3-4,6H2. The third-order valence-corrected chi connectivity index (χ3v) is 2.97. The molecule has 1 atom stereocenters. The van der Waals surface area contributed by atoms with E-state index in [2.05, 4.69) is 27.3 Å². The molecule has 0 aliphatic carbocycles. The van der Waals surface area contributed by atoms with Gasteiger partial charge in [0.1, 0.15) is 0 Å². The summed E-state index contributed by atoms with van der Waals surface area (Å²) in [5.74, 6) is 0. The molecule has 70 valence electrons. The minimum Gasteiger partial charge on any atom is -0.392 e. The van der Waals surface area contributed by atoms with Gasteiger partial charge in [-0.3, -0.25) is 0 Å². The largest absolute Gasteiger partial charge is 0.392 e. The van der Waals surface area contributed by atoms with Crippen molar-refractivity contribution in [3.05, 3.63) is 33.8 Å². The molecule has 1 fully saturated rings. The van der Waals surface area contributed by atoms with Crippen LogP contribution in [0.4, 0.5) is 0 Å². The third kappa shape index (κ3) is 1.77. The van der Waals surface area contributed by atoms with Crippen molar-refractivity contribution in [1.29, 1.82) is 0 Å². The molecule has 1 heterocycles. The van der Waals surface area contributed by atoms with E-state index in [1.165, 1.54) is 12.0 Å². The second kappa shape index (κ2) is 3.78. The molecule has 1 aliphatic heterocycles. The number of halogens is 1. The Bertz CT molecular complexity index is 310. The van der Waals surface area contributed by atoms with E-state index in [4.69, 9.17) is 5.11 Å². The minimum atomic E-state index is 0.118. The summed E-state index contributed by atoms with van der Waals surface area (Å²) in [6, 6.07) is 6.53. The summed E-state index contributed by atoms with van der Waals surface area (Å²) in [7, 11) is 0. The molecule has 0 radical (unpaired) electrons. The third-order valence-electron chi connectivity index (χ3n) is 2.47. The van der Waals surface area contributed by atoms with Crippen LogP contribution in [0.3, 0.4) is 0 Å². The van der Waals surface area contributed by atoms with Crippen LogP contribution in [0.2, 0.25) is 0 Å². The molecule has 1 aliphatic rings. The van der Waals surface area contributed by atoms with Crippen LogP contribution < -0.4 is 5.32 Å². The lowest BCUT2D eigenvalue weighted by atomic mass is 9.94. The number of aliphatic hydroxyl groups is 1. The first-order chi connectivity index (χ1) is 6.31. The molecule has 2 nitrogen and oxygen atoms in total. The van der Waals surface area contributed by atoms with Crippen LogP contribution in [0.15, 0.2) is 22.7 Å². The lowest BCUT2D eigenvalue weighted by molar-refractivity contribution is 0.276. The first kappa shape index (κ1) is 9.19. The number of benzene rings is 1. The zero-order valence-corrected chi connectivity index (χ0v) is 8.84. The monoisotopic (exact) mass is 241 g/mol. The smallest absolute Gasteiger partial charge is 0.0685 e. The molecule has 1 saturated heterocycles. The van der Waals surface area contributed by atoms with Crippen molar-refractivity contribution in [2.45, 2.75) is 19.1 Å². The second-order valence-corrected chi connectivity index (χ2v) is 4.21. The van der Waals surface area contributed by atoms with Gasteiger partial charge in [-0.2, -0.15) is 0 Å². The van der Waals surface area contributed by atoms with Crippen LogP contribution in [0, 0.1) is 0 Å². The Labute approximate surface area is 86.1 Å². The minimum absolute atomic E-state index is 0.118. The number of rotatable bonds is 2. The number of hydrogen-bond acceptors (Lipinski definition) is 2. The molecular weight excluding hydrogens is 230 g/mol. The Morgan fingerprint density at radius 3 is 2.85 bits per heavy atom. The summed E-state index contributed by atoms with van der Waals surface area (Å²) in [5.41, 5.74) is 2.25. The maximum absolute atomic E-state index is 9.16. The van der Waals surface area contributed by atoms with E-state index in [0.29, 0.717) is 6.04 Å². The Morgan fingerprint density at radius 1 is 1.54 bits per heavy atom. The highest BCUT2D eigenvalue weighted by Gasteiger charge is 2.20. The van der Waals surface area contributed by atoms with Gasteiger partial charge in [0.15, 0.2) is 0 Å². The second-order valence-electron chi connectivity index (χ2n) is 3.30. The SMILES string of the molecule is OCc1cc(Br)ccc1C1CCN1. The Morgan fingerprint density at radius 2 is 2.31 bits per heavy atom. The topological polar surface area (TPSA) is 32.3 Å². The van der Waals surface area contributed by atoms with E-state index in [1.54, 1.807) is 0 Å². The molecule has 0 aromatic heterocycles. The quantitative estimate of drug-likeness (QED) is 0.831. The Kier molecular flexibility index (Phi) is 2.67. The van der Waals surface area contributed by atoms with Gasteiger partial charge in [0.25, 0.3) is 0 Å². The average molecular weight is 242 g/mol. The molecule has 1 unspecified atom stereocenters. The van der Waals surface area contributed by atoms with Crippen molar-refractivity contribution in [1.82, 2.24) is 5.32 Å². The van der Waals surface area contributed by atoms with E-state index < -0.39 is 0 Å². The predicted molar refractivity (Wildman–Crippen MR) is 55.4 cm³/mol. The zero-order chi connectivity index (χ0) is 9.26. The fraction of sp³-hybridized carbons (Fsp3) is 0.400. The lowest BCUT2D eigenvalue weighted by Gasteiger charge is -2.29. The summed E-state index contributed by atoms with van der Waals surface area (Å²) in [6.07, 6.45) is 1.18. The van der Waals surface area contributed by atoms with E-state index >= 15 is 0 Å². The lowest BCUT2D eigenvalue weighted by Crippen LogP contribution is -2.35. The highest BCUT2D eigenvalue weighted by molar-refractivity contribution is 9.10. The number of aliphatic hydroxyl groups excluding tert-OH is 1. The van der Waals surface area contributed by atoms with E-state index in [-0.39, 0.29) is 6.61 Å². The molecular formula is C10H12BrNO. The highest BCUT2D eigenvalue weighted by Crippen LogP contribution is 2.28. The molecule has 3 heteroatoms. The van der Waals surface area contributed by atoms with Gasteiger partial charge in [0.2, 0.25) is 0 Å². The average Bonchev–Trinajstić information content (AvgIpc) is 2.05. The van der Waals surface area contributed by atoms with Crippen LogP contribution in [0.25, 0.3) is 0 Å². The maximum Gasteiger partial charge on any atom is 0.0685 e. The molecule has 0 saturated carbocycles. The molecule has 0 amide bonds. The Balaban J connectivity index is 2.32. The van der Waals surface area contributed by atoms with Gasteiger partial charge in [0.05, 0.1) is 6.61 Å². The van der Waals surface area contributed by atoms with Crippen LogP contribution >= 0.6 is 15.9 Å². The van der Waals surface area contributed by atoms with E-state index in [0.717, 1.165) is 16.6 Å². The van der Waals surface area contributed by atoms with Crippen LogP contribution in [0.5, 0.6) is 0 Å². The van der Waals surface area contributed by atoms with Gasteiger partial charge < -0.3 is 10.4 Å². The fourth-order valence-corrected chi connectivity index (χ4v) is 2.01. The van der Waals surface area contributed by atoms with E-state index in [1.807, 2.05) is 12.1 Å². The summed E-state index contributed by atoms with van der Waals surface area (Å²) in [6.45, 7) is 1.21. The van der Waals surface area contributed by atoms with Crippen molar-refractivity contribution < 1.29 is 5.11 Å². The van der Waals surface area contributed by atoms with Gasteiger partial charge in [-0.1, -0.05) is 22.0 Å². The summed E-state index contributed by atoms with van der Waals surface area (Å²) in [5, 5.41) is 12.5. The first-order valence-electron chi connectivity index (χ1n) is 4.44. The maximum atomic E-state index is 9.16. The van der Waals surface area contributed by atoms with Crippen molar-refractivity contribution in [2.24, 2.45) is 0 Å². The van der Waals surface area contributed by atoms with Gasteiger partial charge in [-0.05, 0) is 36.2 Å². The number of hydrogen-bond donors (Lipinski definition) is 2. The van der Waals surface area contributed by atoms with Gasteiger partial charge in [0, 0.05) is 10.5 Å². The molecule has 0 bridgehead atoms.